The summed E-state index contributed by atoms with van der Waals surface area (Å²) in [5.74, 6) is -0.139. The number of fused-ring (bicyclic) bond motifs is 1. The van der Waals surface area contributed by atoms with E-state index in [0.29, 0.717) is 29.3 Å². The van der Waals surface area contributed by atoms with E-state index >= 15 is 0 Å². The zero-order valence-electron chi connectivity index (χ0n) is 20.1. The van der Waals surface area contributed by atoms with Crippen LogP contribution < -0.4 is 5.32 Å². The molecule has 0 spiro atoms. The minimum Gasteiger partial charge on any atom is -0.352 e. The molecule has 4 nitrogen and oxygen atoms in total. The standard InChI is InChI=1S/C29H32Cl2N2O2/c1-2-27(29(35)32-24-11-4-5-12-24)33(19-22-14-16-23(30)18-26(22)31)28(34)17-15-21-10-7-9-20-8-3-6-13-25(20)21/h3,6-10,13-14,16,18,24,27H,2,4-5,11-12,15,17,19H2,1H3,(H,32,35)/t27-/m1/s1. The quantitative estimate of drug-likeness (QED) is 0.338. The minimum atomic E-state index is -0.553. The molecular weight excluding hydrogens is 479 g/mol. The lowest BCUT2D eigenvalue weighted by molar-refractivity contribution is -0.141. The maximum Gasteiger partial charge on any atom is 0.243 e. The van der Waals surface area contributed by atoms with Crippen LogP contribution in [0, 0.1) is 0 Å². The summed E-state index contributed by atoms with van der Waals surface area (Å²) < 4.78 is 0. The Balaban J connectivity index is 1.56. The minimum absolute atomic E-state index is 0.0580. The average molecular weight is 511 g/mol. The van der Waals surface area contributed by atoms with Crippen molar-refractivity contribution < 1.29 is 9.59 Å². The first-order chi connectivity index (χ1) is 17.0. The van der Waals surface area contributed by atoms with E-state index in [1.165, 1.54) is 0 Å². The summed E-state index contributed by atoms with van der Waals surface area (Å²) in [6, 6.07) is 19.3. The first-order valence-corrected chi connectivity index (χ1v) is 13.2. The van der Waals surface area contributed by atoms with Crippen LogP contribution in [0.2, 0.25) is 10.0 Å². The lowest BCUT2D eigenvalue weighted by Crippen LogP contribution is -2.51. The molecule has 0 radical (unpaired) electrons. The summed E-state index contributed by atoms with van der Waals surface area (Å²) in [4.78, 5) is 28.6. The van der Waals surface area contributed by atoms with Crippen LogP contribution in [0.15, 0.2) is 60.7 Å². The predicted octanol–water partition coefficient (Wildman–Crippen LogP) is 6.95. The fourth-order valence-corrected chi connectivity index (χ4v) is 5.48. The molecule has 4 rings (SSSR count). The normalized spacial score (nSPS) is 14.7. The van der Waals surface area contributed by atoms with Crippen molar-refractivity contribution in [2.45, 2.75) is 70.5 Å². The molecule has 6 heteroatoms. The summed E-state index contributed by atoms with van der Waals surface area (Å²) in [6.07, 6.45) is 5.72. The van der Waals surface area contributed by atoms with Gasteiger partial charge in [0.05, 0.1) is 0 Å². The Morgan fingerprint density at radius 3 is 2.49 bits per heavy atom. The molecule has 0 saturated heterocycles. The monoisotopic (exact) mass is 510 g/mol. The number of benzene rings is 3. The van der Waals surface area contributed by atoms with Gasteiger partial charge in [0.25, 0.3) is 0 Å². The molecule has 3 aromatic rings. The van der Waals surface area contributed by atoms with Crippen molar-refractivity contribution in [1.82, 2.24) is 10.2 Å². The van der Waals surface area contributed by atoms with Gasteiger partial charge in [0.1, 0.15) is 6.04 Å². The average Bonchev–Trinajstić information content (AvgIpc) is 3.36. The molecule has 184 valence electrons. The number of hydrogen-bond acceptors (Lipinski definition) is 2. The number of aryl methyl sites for hydroxylation is 1. The van der Waals surface area contributed by atoms with Crippen molar-refractivity contribution >= 4 is 45.8 Å². The van der Waals surface area contributed by atoms with Crippen LogP contribution in [-0.2, 0) is 22.6 Å². The number of nitrogens with zero attached hydrogens (tertiary/aromatic N) is 1. The lowest BCUT2D eigenvalue weighted by atomic mass is 10.00. The van der Waals surface area contributed by atoms with E-state index in [9.17, 15) is 9.59 Å². The van der Waals surface area contributed by atoms with Crippen LogP contribution in [0.5, 0.6) is 0 Å². The molecule has 1 aliphatic rings. The van der Waals surface area contributed by atoms with Gasteiger partial charge in [0.2, 0.25) is 11.8 Å². The topological polar surface area (TPSA) is 49.4 Å². The van der Waals surface area contributed by atoms with E-state index in [-0.39, 0.29) is 24.4 Å². The van der Waals surface area contributed by atoms with E-state index in [4.69, 9.17) is 23.2 Å². The molecule has 1 saturated carbocycles. The van der Waals surface area contributed by atoms with Crippen LogP contribution in [0.25, 0.3) is 10.8 Å². The smallest absolute Gasteiger partial charge is 0.243 e. The molecular formula is C29H32Cl2N2O2. The number of hydrogen-bond donors (Lipinski definition) is 1. The Morgan fingerprint density at radius 1 is 1.00 bits per heavy atom. The van der Waals surface area contributed by atoms with Gasteiger partial charge in [-0.15, -0.1) is 0 Å². The van der Waals surface area contributed by atoms with Crippen LogP contribution in [0.4, 0.5) is 0 Å². The molecule has 0 heterocycles. The van der Waals surface area contributed by atoms with Gasteiger partial charge in [-0.05, 0) is 59.7 Å². The Bertz CT molecular complexity index is 1190. The highest BCUT2D eigenvalue weighted by atomic mass is 35.5. The SMILES string of the molecule is CC[C@H](C(=O)NC1CCCC1)N(Cc1ccc(Cl)cc1Cl)C(=O)CCc1cccc2ccccc12. The van der Waals surface area contributed by atoms with E-state index in [0.717, 1.165) is 47.6 Å². The van der Waals surface area contributed by atoms with Gasteiger partial charge in [-0.2, -0.15) is 0 Å². The van der Waals surface area contributed by atoms with Gasteiger partial charge >= 0.3 is 0 Å². The number of halogens is 2. The van der Waals surface area contributed by atoms with Crippen molar-refractivity contribution in [3.8, 4) is 0 Å². The van der Waals surface area contributed by atoms with Crippen LogP contribution >= 0.6 is 23.2 Å². The summed E-state index contributed by atoms with van der Waals surface area (Å²) in [5, 5.41) is 6.53. The van der Waals surface area contributed by atoms with E-state index in [1.54, 1.807) is 17.0 Å². The molecule has 2 amide bonds. The maximum absolute atomic E-state index is 13.7. The molecule has 0 aliphatic heterocycles. The number of carbonyl (C=O) groups excluding carboxylic acids is 2. The zero-order chi connectivity index (χ0) is 24.8. The summed E-state index contributed by atoms with van der Waals surface area (Å²) in [5.41, 5.74) is 1.91. The number of carbonyl (C=O) groups is 2. The Labute approximate surface area is 217 Å². The van der Waals surface area contributed by atoms with Gasteiger partial charge < -0.3 is 10.2 Å². The molecule has 35 heavy (non-hydrogen) atoms. The van der Waals surface area contributed by atoms with Gasteiger partial charge in [-0.3, -0.25) is 9.59 Å². The molecule has 1 aliphatic carbocycles. The van der Waals surface area contributed by atoms with Crippen molar-refractivity contribution in [3.05, 3.63) is 81.8 Å². The lowest BCUT2D eigenvalue weighted by Gasteiger charge is -2.32. The first kappa shape index (κ1) is 25.5. The van der Waals surface area contributed by atoms with Crippen LogP contribution in [0.3, 0.4) is 0 Å². The van der Waals surface area contributed by atoms with E-state index < -0.39 is 6.04 Å². The molecule has 0 aromatic heterocycles. The third kappa shape index (κ3) is 6.36. The Kier molecular flexibility index (Phi) is 8.69. The zero-order valence-corrected chi connectivity index (χ0v) is 21.6. The summed E-state index contributed by atoms with van der Waals surface area (Å²) in [7, 11) is 0. The third-order valence-electron chi connectivity index (χ3n) is 6.93. The fourth-order valence-electron chi connectivity index (χ4n) is 5.02. The van der Waals surface area contributed by atoms with Crippen LogP contribution in [0.1, 0.15) is 56.6 Å². The Hall–Kier alpha value is -2.56. The third-order valence-corrected chi connectivity index (χ3v) is 7.52. The predicted molar refractivity (Wildman–Crippen MR) is 144 cm³/mol. The van der Waals surface area contributed by atoms with Gasteiger partial charge in [0.15, 0.2) is 0 Å². The van der Waals surface area contributed by atoms with Crippen LogP contribution in [-0.4, -0.2) is 28.8 Å². The van der Waals surface area contributed by atoms with Crippen molar-refractivity contribution in [2.24, 2.45) is 0 Å². The molecule has 1 N–H and O–H groups in total. The first-order valence-electron chi connectivity index (χ1n) is 12.5. The second-order valence-corrected chi connectivity index (χ2v) is 10.2. The van der Waals surface area contributed by atoms with E-state index in [2.05, 4.69) is 29.6 Å². The summed E-state index contributed by atoms with van der Waals surface area (Å²) in [6.45, 7) is 2.22. The fraction of sp³-hybridized carbons (Fsp3) is 0.379. The molecule has 1 atom stereocenters. The second kappa shape index (κ2) is 11.9. The largest absolute Gasteiger partial charge is 0.352 e. The van der Waals surface area contributed by atoms with Crippen molar-refractivity contribution in [1.29, 1.82) is 0 Å². The maximum atomic E-state index is 13.7. The number of nitrogens with one attached hydrogen (secondary N) is 1. The van der Waals surface area contributed by atoms with Gasteiger partial charge in [-0.1, -0.05) is 91.5 Å². The highest BCUT2D eigenvalue weighted by Gasteiger charge is 2.30. The van der Waals surface area contributed by atoms with E-state index in [1.807, 2.05) is 31.2 Å². The van der Waals surface area contributed by atoms with Gasteiger partial charge in [0, 0.05) is 29.1 Å². The second-order valence-electron chi connectivity index (χ2n) is 9.31. The van der Waals surface area contributed by atoms with Crippen molar-refractivity contribution in [3.63, 3.8) is 0 Å². The number of rotatable bonds is 9. The highest BCUT2D eigenvalue weighted by Crippen LogP contribution is 2.26. The molecule has 0 unspecified atom stereocenters. The summed E-state index contributed by atoms with van der Waals surface area (Å²) >= 11 is 12.5. The van der Waals surface area contributed by atoms with Crippen molar-refractivity contribution in [2.75, 3.05) is 0 Å². The molecule has 3 aromatic carbocycles. The number of amides is 2. The Morgan fingerprint density at radius 2 is 1.74 bits per heavy atom. The highest BCUT2D eigenvalue weighted by molar-refractivity contribution is 6.35. The van der Waals surface area contributed by atoms with Gasteiger partial charge in [-0.25, -0.2) is 0 Å². The molecule has 1 fully saturated rings. The molecule has 0 bridgehead atoms.